The summed E-state index contributed by atoms with van der Waals surface area (Å²) < 4.78 is 120. The summed E-state index contributed by atoms with van der Waals surface area (Å²) in [5.41, 5.74) is -4.07. The monoisotopic (exact) mass is 634 g/mol. The Hall–Kier alpha value is -3.72. The number of aryl methyl sites for hydroxylation is 1. The minimum absolute atomic E-state index is 0.00964. The van der Waals surface area contributed by atoms with E-state index in [1.807, 2.05) is 0 Å². The van der Waals surface area contributed by atoms with Gasteiger partial charge in [-0.1, -0.05) is 6.07 Å². The highest BCUT2D eigenvalue weighted by Gasteiger charge is 2.41. The lowest BCUT2D eigenvalue weighted by Crippen LogP contribution is -2.42. The van der Waals surface area contributed by atoms with Gasteiger partial charge in [-0.05, 0) is 73.9 Å². The molecule has 0 aliphatic heterocycles. The number of anilines is 2. The Morgan fingerprint density at radius 1 is 0.884 bits per heavy atom. The maximum absolute atomic E-state index is 13.9. The van der Waals surface area contributed by atoms with E-state index in [0.29, 0.717) is 28.8 Å². The molecule has 0 atom stereocenters. The predicted octanol–water partition coefficient (Wildman–Crippen LogP) is 6.14. The summed E-state index contributed by atoms with van der Waals surface area (Å²) in [5, 5.41) is 2.92. The first kappa shape index (κ1) is 33.8. The lowest BCUT2D eigenvalue weighted by atomic mass is 9.81. The molecule has 7 nitrogen and oxygen atoms in total. The van der Waals surface area contributed by atoms with Crippen LogP contribution in [0.1, 0.15) is 36.1 Å². The normalized spacial score (nSPS) is 12.7. The van der Waals surface area contributed by atoms with Crippen LogP contribution in [0.15, 0.2) is 48.7 Å². The van der Waals surface area contributed by atoms with Crippen molar-refractivity contribution in [2.24, 2.45) is 0 Å². The molecule has 43 heavy (non-hydrogen) atoms. The highest BCUT2D eigenvalue weighted by Crippen LogP contribution is 2.41. The van der Waals surface area contributed by atoms with Gasteiger partial charge in [-0.25, -0.2) is 22.5 Å². The summed E-state index contributed by atoms with van der Waals surface area (Å²) >= 11 is 0. The lowest BCUT2D eigenvalue weighted by Gasteiger charge is -2.32. The van der Waals surface area contributed by atoms with Crippen molar-refractivity contribution in [3.8, 4) is 11.1 Å². The molecule has 0 aliphatic rings. The average Bonchev–Trinajstić information content (AvgIpc) is 2.88. The van der Waals surface area contributed by atoms with Crippen LogP contribution in [0.4, 0.5) is 42.2 Å². The zero-order chi connectivity index (χ0) is 32.5. The quantitative estimate of drug-likeness (QED) is 0.218. The van der Waals surface area contributed by atoms with Crippen molar-refractivity contribution in [3.05, 3.63) is 76.7 Å². The van der Waals surface area contributed by atoms with Gasteiger partial charge in [0.15, 0.2) is 0 Å². The molecule has 0 saturated heterocycles. The maximum Gasteiger partial charge on any atom is 0.416 e. The molecule has 2 aromatic carbocycles. The van der Waals surface area contributed by atoms with Crippen LogP contribution in [0.2, 0.25) is 0 Å². The van der Waals surface area contributed by atoms with E-state index in [2.05, 4.69) is 15.0 Å². The van der Waals surface area contributed by atoms with Gasteiger partial charge in [0, 0.05) is 25.7 Å². The number of carbonyl (C=O) groups is 1. The molecule has 0 fully saturated rings. The fourth-order valence-corrected chi connectivity index (χ4v) is 4.82. The number of nitrogens with one attached hydrogen (secondary N) is 2. The lowest BCUT2D eigenvalue weighted by molar-refractivity contribution is -0.143. The first-order chi connectivity index (χ1) is 19.6. The second kappa shape index (κ2) is 12.1. The number of rotatable bonds is 9. The standard InChI is InChI=1S/C28H29F7N4O3S/c1-16-10-20(29)6-7-21(16)22-14-24(36-8-9-38-43(5,41)42)37-15-23(22)39(4)25(40)26(2,3)17-11-18(27(30,31)32)13-19(12-17)28(33,34)35/h6-7,10-15,38H,8-9H2,1-5H3,(H,36,37). The summed E-state index contributed by atoms with van der Waals surface area (Å²) in [6.45, 7) is 4.18. The molecule has 234 valence electrons. The second-order valence-electron chi connectivity index (χ2n) is 10.4. The van der Waals surface area contributed by atoms with Crippen molar-refractivity contribution in [2.75, 3.05) is 36.6 Å². The van der Waals surface area contributed by atoms with Crippen molar-refractivity contribution in [1.82, 2.24) is 9.71 Å². The molecule has 1 heterocycles. The van der Waals surface area contributed by atoms with Gasteiger partial charge >= 0.3 is 12.4 Å². The summed E-state index contributed by atoms with van der Waals surface area (Å²) in [6, 6.07) is 6.41. The first-order valence-corrected chi connectivity index (χ1v) is 14.5. The van der Waals surface area contributed by atoms with Crippen molar-refractivity contribution < 1.29 is 43.9 Å². The fourth-order valence-electron chi connectivity index (χ4n) is 4.35. The van der Waals surface area contributed by atoms with Gasteiger partial charge in [0.05, 0.1) is 34.7 Å². The Kier molecular flexibility index (Phi) is 9.51. The third-order valence-electron chi connectivity index (χ3n) is 6.67. The molecule has 3 rings (SSSR count). The van der Waals surface area contributed by atoms with E-state index in [-0.39, 0.29) is 30.7 Å². The van der Waals surface area contributed by atoms with Gasteiger partial charge in [0.1, 0.15) is 11.6 Å². The summed E-state index contributed by atoms with van der Waals surface area (Å²) in [6.07, 6.45) is -7.94. The van der Waals surface area contributed by atoms with Crippen LogP contribution in [-0.4, -0.2) is 45.7 Å². The molecule has 15 heteroatoms. The largest absolute Gasteiger partial charge is 0.416 e. The Balaban J connectivity index is 2.08. The molecule has 0 unspecified atom stereocenters. The third kappa shape index (κ3) is 8.22. The van der Waals surface area contributed by atoms with E-state index >= 15 is 0 Å². The van der Waals surface area contributed by atoms with E-state index in [1.165, 1.54) is 51.4 Å². The summed E-state index contributed by atoms with van der Waals surface area (Å²) in [5.74, 6) is -1.12. The number of hydrogen-bond donors (Lipinski definition) is 2. The minimum atomic E-state index is -5.10. The second-order valence-corrected chi connectivity index (χ2v) is 12.3. The van der Waals surface area contributed by atoms with Crippen molar-refractivity contribution >= 4 is 27.4 Å². The number of benzene rings is 2. The molecule has 1 amide bonds. The molecular weight excluding hydrogens is 605 g/mol. The molecule has 0 spiro atoms. The van der Waals surface area contributed by atoms with E-state index in [0.717, 1.165) is 11.2 Å². The number of aromatic nitrogens is 1. The summed E-state index contributed by atoms with van der Waals surface area (Å²) in [4.78, 5) is 19.1. The Morgan fingerprint density at radius 2 is 1.44 bits per heavy atom. The van der Waals surface area contributed by atoms with Gasteiger partial charge in [-0.2, -0.15) is 26.3 Å². The van der Waals surface area contributed by atoms with Gasteiger partial charge in [-0.3, -0.25) is 4.79 Å². The molecule has 0 bridgehead atoms. The van der Waals surface area contributed by atoms with E-state index < -0.39 is 56.2 Å². The zero-order valence-corrected chi connectivity index (χ0v) is 24.5. The number of hydrogen-bond acceptors (Lipinski definition) is 5. The average molecular weight is 635 g/mol. The molecule has 0 aliphatic carbocycles. The van der Waals surface area contributed by atoms with Gasteiger partial charge in [0.2, 0.25) is 15.9 Å². The van der Waals surface area contributed by atoms with Crippen LogP contribution in [0, 0.1) is 12.7 Å². The zero-order valence-electron chi connectivity index (χ0n) is 23.7. The molecular formula is C28H29F7N4O3S. The smallest absolute Gasteiger partial charge is 0.369 e. The number of alkyl halides is 6. The number of carbonyl (C=O) groups excluding carboxylic acids is 1. The van der Waals surface area contributed by atoms with Gasteiger partial charge < -0.3 is 10.2 Å². The predicted molar refractivity (Wildman–Crippen MR) is 149 cm³/mol. The number of pyridine rings is 1. The van der Waals surface area contributed by atoms with Crippen LogP contribution in [0.3, 0.4) is 0 Å². The Labute approximate surface area is 244 Å². The number of nitrogens with zero attached hydrogens (tertiary/aromatic N) is 2. The van der Waals surface area contributed by atoms with Crippen LogP contribution >= 0.6 is 0 Å². The maximum atomic E-state index is 13.9. The Bertz CT molecular complexity index is 1590. The van der Waals surface area contributed by atoms with Crippen molar-refractivity contribution in [3.63, 3.8) is 0 Å². The molecule has 1 aromatic heterocycles. The van der Waals surface area contributed by atoms with Crippen LogP contribution in [-0.2, 0) is 32.6 Å². The third-order valence-corrected chi connectivity index (χ3v) is 7.40. The summed E-state index contributed by atoms with van der Waals surface area (Å²) in [7, 11) is -2.14. The van der Waals surface area contributed by atoms with E-state index in [1.54, 1.807) is 6.92 Å². The molecule has 2 N–H and O–H groups in total. The molecule has 3 aromatic rings. The van der Waals surface area contributed by atoms with Crippen LogP contribution in [0.5, 0.6) is 0 Å². The molecule has 0 radical (unpaired) electrons. The van der Waals surface area contributed by atoms with Gasteiger partial charge in [-0.15, -0.1) is 0 Å². The van der Waals surface area contributed by atoms with E-state index in [4.69, 9.17) is 0 Å². The topological polar surface area (TPSA) is 91.4 Å². The molecule has 0 saturated carbocycles. The van der Waals surface area contributed by atoms with Crippen molar-refractivity contribution in [2.45, 2.75) is 38.5 Å². The SMILES string of the molecule is Cc1cc(F)ccc1-c1cc(NCCNS(C)(=O)=O)ncc1N(C)C(=O)C(C)(C)c1cc(C(F)(F)F)cc(C(F)(F)F)c1. The van der Waals surface area contributed by atoms with Crippen LogP contribution < -0.4 is 14.9 Å². The Morgan fingerprint density at radius 3 is 1.95 bits per heavy atom. The van der Waals surface area contributed by atoms with Gasteiger partial charge in [0.25, 0.3) is 0 Å². The van der Waals surface area contributed by atoms with Crippen molar-refractivity contribution in [1.29, 1.82) is 0 Å². The number of amides is 1. The highest BCUT2D eigenvalue weighted by atomic mass is 32.2. The minimum Gasteiger partial charge on any atom is -0.369 e. The van der Waals surface area contributed by atoms with E-state index in [9.17, 15) is 43.9 Å². The van der Waals surface area contributed by atoms with Crippen LogP contribution in [0.25, 0.3) is 11.1 Å². The number of likely N-dealkylation sites (N-methyl/N-ethyl adjacent to an activating group) is 1. The number of halogens is 7. The highest BCUT2D eigenvalue weighted by molar-refractivity contribution is 7.88. The first-order valence-electron chi connectivity index (χ1n) is 12.6. The number of sulfonamides is 1. The fraction of sp³-hybridized carbons (Fsp3) is 0.357.